The minimum Gasteiger partial charge on any atom is -0.387 e. The number of carbonyl (C=O) groups is 5. The van der Waals surface area contributed by atoms with Crippen LogP contribution in [0.2, 0.25) is 0 Å². The number of aromatic nitrogens is 4. The smallest absolute Gasteiger partial charge is 0.262 e. The molecular formula is C41H42N12O5S. The number of pyridine rings is 2. The lowest BCUT2D eigenvalue weighted by Gasteiger charge is -2.36. The lowest BCUT2D eigenvalue weighted by atomic mass is 9.86. The molecule has 59 heavy (non-hydrogen) atoms. The second-order valence-corrected chi connectivity index (χ2v) is 16.6. The number of imide groups is 2. The van der Waals surface area contributed by atoms with Gasteiger partial charge in [0.2, 0.25) is 17.7 Å². The fraction of sp³-hybridized carbons (Fsp3) is 0.415. The predicted octanol–water partition coefficient (Wildman–Crippen LogP) is 2.97. The minimum absolute atomic E-state index is 0.00550. The number of hydrogen-bond acceptors (Lipinski definition) is 15. The molecule has 0 spiro atoms. The molecule has 0 bridgehead atoms. The van der Waals surface area contributed by atoms with Crippen LogP contribution in [-0.2, 0) is 20.8 Å². The number of amides is 5. The Labute approximate surface area is 343 Å². The number of nitriles is 1. The number of fused-ring (bicyclic) bond motifs is 2. The average molecular weight is 815 g/mol. The van der Waals surface area contributed by atoms with Gasteiger partial charge in [-0.05, 0) is 68.4 Å². The molecule has 18 heteroatoms. The highest BCUT2D eigenvalue weighted by molar-refractivity contribution is 7.14. The van der Waals surface area contributed by atoms with Gasteiger partial charge in [0, 0.05) is 88.0 Å². The van der Waals surface area contributed by atoms with Gasteiger partial charge in [0.05, 0.1) is 28.8 Å². The maximum atomic E-state index is 13.3. The second-order valence-electron chi connectivity index (χ2n) is 15.6. The number of hydrogen-bond donors (Lipinski definition) is 3. The van der Waals surface area contributed by atoms with Crippen molar-refractivity contribution < 1.29 is 24.0 Å². The van der Waals surface area contributed by atoms with Gasteiger partial charge in [0.25, 0.3) is 11.8 Å². The first-order chi connectivity index (χ1) is 28.7. The molecule has 1 unspecified atom stereocenters. The van der Waals surface area contributed by atoms with Crippen molar-refractivity contribution in [1.29, 1.82) is 5.26 Å². The number of rotatable bonds is 9. The molecule has 2 saturated heterocycles. The average Bonchev–Trinajstić information content (AvgIpc) is 3.98. The topological polar surface area (TPSA) is 210 Å². The summed E-state index contributed by atoms with van der Waals surface area (Å²) < 4.78 is 0. The summed E-state index contributed by atoms with van der Waals surface area (Å²) in [6.45, 7) is 3.65. The van der Waals surface area contributed by atoms with E-state index in [0.29, 0.717) is 38.3 Å². The summed E-state index contributed by atoms with van der Waals surface area (Å²) in [6.07, 6.45) is 7.94. The molecule has 302 valence electrons. The number of nitrogens with zero attached hydrogens (tertiary/aromatic N) is 9. The third-order valence-electron chi connectivity index (χ3n) is 12.0. The molecule has 4 aromatic rings. The Kier molecular flexibility index (Phi) is 10.2. The first kappa shape index (κ1) is 38.2. The third kappa shape index (κ3) is 7.36. The summed E-state index contributed by atoms with van der Waals surface area (Å²) in [5.74, 6) is -0.212. The molecule has 3 N–H and O–H groups in total. The fourth-order valence-corrected chi connectivity index (χ4v) is 9.85. The molecule has 3 aromatic heterocycles. The van der Waals surface area contributed by atoms with Gasteiger partial charge in [-0.25, -0.2) is 9.97 Å². The van der Waals surface area contributed by atoms with Crippen molar-refractivity contribution in [3.63, 3.8) is 0 Å². The van der Waals surface area contributed by atoms with Crippen LogP contribution in [0.1, 0.15) is 81.3 Å². The maximum absolute atomic E-state index is 13.3. The Morgan fingerprint density at radius 1 is 0.898 bits per heavy atom. The van der Waals surface area contributed by atoms with Crippen molar-refractivity contribution in [2.45, 2.75) is 62.9 Å². The molecule has 4 aliphatic heterocycles. The second kappa shape index (κ2) is 15.8. The van der Waals surface area contributed by atoms with E-state index < -0.39 is 29.7 Å². The Morgan fingerprint density at radius 2 is 1.69 bits per heavy atom. The normalized spacial score (nSPS) is 21.9. The zero-order valence-electron chi connectivity index (χ0n) is 32.4. The quantitative estimate of drug-likeness (QED) is 0.208. The number of nitrogens with one attached hydrogen (secondary N) is 3. The summed E-state index contributed by atoms with van der Waals surface area (Å²) in [4.78, 5) is 80.2. The maximum Gasteiger partial charge on any atom is 0.262 e. The van der Waals surface area contributed by atoms with Crippen molar-refractivity contribution in [2.24, 2.45) is 0 Å². The van der Waals surface area contributed by atoms with Gasteiger partial charge in [-0.15, -0.1) is 10.2 Å². The molecule has 17 nitrogen and oxygen atoms in total. The Balaban J connectivity index is 0.743. The molecule has 1 aliphatic carbocycles. The summed E-state index contributed by atoms with van der Waals surface area (Å²) in [6, 6.07) is 10.3. The van der Waals surface area contributed by atoms with Crippen LogP contribution >= 0.6 is 11.3 Å². The standard InChI is InChI=1S/C41H42N12O5S/c1-43-31-18-33(52-11-10-25-16-23(19-42)20-45-36(25)52)44-21-30(31)39-49-48-38(59-39)24-2-4-26(5-3-24)46-35(55)22-50-12-14-51(15-13-50)27-6-7-28-29(17-27)41(58)53(40(28)57)32-8-9-34(54)47-37(32)56/h6-7,16-18,20-21,24,26,32H,2-5,8-15,22H2,1H3,(H,43,44)(H,46,55)(H,47,54,56). The van der Waals surface area contributed by atoms with E-state index in [1.807, 2.05) is 31.4 Å². The van der Waals surface area contributed by atoms with Crippen LogP contribution in [0.5, 0.6) is 0 Å². The number of piperazine rings is 1. The fourth-order valence-electron chi connectivity index (χ4n) is 8.81. The van der Waals surface area contributed by atoms with Crippen LogP contribution in [0.15, 0.2) is 42.7 Å². The number of carbonyl (C=O) groups excluding carboxylic acids is 5. The van der Waals surface area contributed by atoms with Gasteiger partial charge in [-0.1, -0.05) is 11.3 Å². The summed E-state index contributed by atoms with van der Waals surface area (Å²) >= 11 is 1.59. The molecule has 5 aliphatic rings. The number of piperidine rings is 1. The monoisotopic (exact) mass is 814 g/mol. The van der Waals surface area contributed by atoms with E-state index in [-0.39, 0.29) is 41.8 Å². The highest BCUT2D eigenvalue weighted by atomic mass is 32.1. The molecule has 1 aromatic carbocycles. The molecule has 7 heterocycles. The van der Waals surface area contributed by atoms with E-state index in [4.69, 9.17) is 4.98 Å². The van der Waals surface area contributed by atoms with Crippen LogP contribution in [0.25, 0.3) is 10.6 Å². The van der Waals surface area contributed by atoms with E-state index in [9.17, 15) is 29.2 Å². The van der Waals surface area contributed by atoms with Crippen molar-refractivity contribution in [3.8, 4) is 16.6 Å². The first-order valence-corrected chi connectivity index (χ1v) is 20.8. The highest BCUT2D eigenvalue weighted by Crippen LogP contribution is 2.40. The predicted molar refractivity (Wildman–Crippen MR) is 217 cm³/mol. The van der Waals surface area contributed by atoms with Crippen LogP contribution < -0.4 is 25.8 Å². The summed E-state index contributed by atoms with van der Waals surface area (Å²) in [5.41, 5.74) is 4.68. The van der Waals surface area contributed by atoms with Crippen LogP contribution in [0.4, 0.5) is 23.0 Å². The molecule has 3 fully saturated rings. The van der Waals surface area contributed by atoms with E-state index in [2.05, 4.69) is 51.9 Å². The van der Waals surface area contributed by atoms with Crippen molar-refractivity contribution in [1.82, 2.24) is 40.6 Å². The molecule has 5 amide bonds. The first-order valence-electron chi connectivity index (χ1n) is 20.0. The molecule has 1 atom stereocenters. The summed E-state index contributed by atoms with van der Waals surface area (Å²) in [5, 5.41) is 29.0. The van der Waals surface area contributed by atoms with Crippen LogP contribution in [0.3, 0.4) is 0 Å². The lowest BCUT2D eigenvalue weighted by molar-refractivity contribution is -0.136. The van der Waals surface area contributed by atoms with Gasteiger partial charge in [-0.3, -0.25) is 39.1 Å². The zero-order chi connectivity index (χ0) is 40.8. The van der Waals surface area contributed by atoms with E-state index in [0.717, 1.165) is 87.7 Å². The highest BCUT2D eigenvalue weighted by Gasteiger charge is 2.45. The van der Waals surface area contributed by atoms with E-state index in [1.165, 1.54) is 0 Å². The Hall–Kier alpha value is -6.32. The molecule has 0 radical (unpaired) electrons. The van der Waals surface area contributed by atoms with Crippen LogP contribution in [0, 0.1) is 11.3 Å². The van der Waals surface area contributed by atoms with Gasteiger partial charge < -0.3 is 20.4 Å². The molecular weight excluding hydrogens is 773 g/mol. The SMILES string of the molecule is CNc1cc(N2CCc3cc(C#N)cnc32)ncc1-c1nnc(C2CCC(NC(=O)CN3CCN(c4ccc5c(c4)C(=O)N(C4CCC(=O)NC4=O)C5=O)CC3)CC2)s1. The number of anilines is 4. The van der Waals surface area contributed by atoms with E-state index >= 15 is 0 Å². The van der Waals surface area contributed by atoms with Crippen LogP contribution in [-0.4, -0.2) is 118 Å². The zero-order valence-corrected chi connectivity index (χ0v) is 33.3. The van der Waals surface area contributed by atoms with Crippen molar-refractivity contribution >= 4 is 63.9 Å². The molecule has 1 saturated carbocycles. The van der Waals surface area contributed by atoms with Gasteiger partial charge in [0.15, 0.2) is 5.01 Å². The largest absolute Gasteiger partial charge is 0.387 e. The minimum atomic E-state index is -1.00. The van der Waals surface area contributed by atoms with Crippen molar-refractivity contribution in [2.75, 3.05) is 61.4 Å². The molecule has 9 rings (SSSR count). The Bertz CT molecular complexity index is 2410. The third-order valence-corrected chi connectivity index (χ3v) is 13.1. The van der Waals surface area contributed by atoms with Gasteiger partial charge in [0.1, 0.15) is 28.8 Å². The summed E-state index contributed by atoms with van der Waals surface area (Å²) in [7, 11) is 1.88. The Morgan fingerprint density at radius 3 is 2.46 bits per heavy atom. The van der Waals surface area contributed by atoms with Crippen molar-refractivity contribution in [3.05, 3.63) is 70.0 Å². The lowest BCUT2D eigenvalue weighted by Crippen LogP contribution is -2.54. The van der Waals surface area contributed by atoms with E-state index in [1.54, 1.807) is 29.7 Å². The van der Waals surface area contributed by atoms with Gasteiger partial charge >= 0.3 is 0 Å². The van der Waals surface area contributed by atoms with Gasteiger partial charge in [-0.2, -0.15) is 5.26 Å². The number of benzene rings is 1.